The van der Waals surface area contributed by atoms with Crippen LogP contribution in [0.1, 0.15) is 46.9 Å². The average Bonchev–Trinajstić information content (AvgIpc) is 3.30. The zero-order valence-electron chi connectivity index (χ0n) is 13.3. The van der Waals surface area contributed by atoms with Gasteiger partial charge in [0.1, 0.15) is 0 Å². The number of carbonyl (C=O) groups is 1. The molecule has 1 saturated carbocycles. The lowest BCUT2D eigenvalue weighted by Crippen LogP contribution is -2.26. The van der Waals surface area contributed by atoms with Crippen LogP contribution in [0.25, 0.3) is 0 Å². The monoisotopic (exact) mass is 463 g/mol. The Balaban J connectivity index is 1.56. The number of alkyl halides is 3. The SMILES string of the molecule is O=C(NCCCn1nc(C(F)(F)F)cc1C1CC1)c1ccccc1I. The molecule has 25 heavy (non-hydrogen) atoms. The average molecular weight is 463 g/mol. The molecule has 1 aromatic carbocycles. The zero-order chi connectivity index (χ0) is 18.0. The molecule has 1 aromatic heterocycles. The Kier molecular flexibility index (Phi) is 5.35. The molecule has 2 aromatic rings. The molecule has 4 nitrogen and oxygen atoms in total. The molecular weight excluding hydrogens is 446 g/mol. The van der Waals surface area contributed by atoms with Crippen LogP contribution >= 0.6 is 22.6 Å². The van der Waals surface area contributed by atoms with Crippen LogP contribution < -0.4 is 5.32 Å². The molecule has 0 saturated heterocycles. The highest BCUT2D eigenvalue weighted by molar-refractivity contribution is 14.1. The van der Waals surface area contributed by atoms with Gasteiger partial charge in [-0.25, -0.2) is 0 Å². The van der Waals surface area contributed by atoms with E-state index in [0.29, 0.717) is 30.8 Å². The summed E-state index contributed by atoms with van der Waals surface area (Å²) in [7, 11) is 0. The van der Waals surface area contributed by atoms with Crippen molar-refractivity contribution in [3.05, 3.63) is 50.9 Å². The van der Waals surface area contributed by atoms with Gasteiger partial charge in [-0.3, -0.25) is 9.48 Å². The van der Waals surface area contributed by atoms with Crippen LogP contribution in [0.15, 0.2) is 30.3 Å². The Hall–Kier alpha value is -1.58. The van der Waals surface area contributed by atoms with Crippen LogP contribution in [0.4, 0.5) is 13.2 Å². The third-order valence-electron chi connectivity index (χ3n) is 4.05. The van der Waals surface area contributed by atoms with Gasteiger partial charge in [-0.1, -0.05) is 12.1 Å². The standard InChI is InChI=1S/C17H17F3IN3O/c18-17(19,20)15-10-14(11-6-7-11)24(23-15)9-3-8-22-16(25)12-4-1-2-5-13(12)21/h1-2,4-5,10-11H,3,6-9H2,(H,22,25). The molecule has 0 aliphatic heterocycles. The first kappa shape index (κ1) is 18.2. The summed E-state index contributed by atoms with van der Waals surface area (Å²) in [6, 6.07) is 8.39. The maximum Gasteiger partial charge on any atom is 0.435 e. The molecule has 1 fully saturated rings. The summed E-state index contributed by atoms with van der Waals surface area (Å²) in [6.45, 7) is 0.739. The topological polar surface area (TPSA) is 46.9 Å². The van der Waals surface area contributed by atoms with Crippen LogP contribution in [0.3, 0.4) is 0 Å². The summed E-state index contributed by atoms with van der Waals surface area (Å²) in [6.07, 6.45) is -2.08. The quantitative estimate of drug-likeness (QED) is 0.516. The molecule has 1 aliphatic carbocycles. The van der Waals surface area contributed by atoms with Crippen LogP contribution in [-0.2, 0) is 12.7 Å². The molecule has 1 aliphatic rings. The zero-order valence-corrected chi connectivity index (χ0v) is 15.5. The van der Waals surface area contributed by atoms with Crippen LogP contribution in [0, 0.1) is 3.57 Å². The molecule has 0 radical (unpaired) electrons. The van der Waals surface area contributed by atoms with E-state index in [0.717, 1.165) is 22.5 Å². The van der Waals surface area contributed by atoms with Gasteiger partial charge in [0.25, 0.3) is 5.91 Å². The third kappa shape index (κ3) is 4.53. The number of carbonyl (C=O) groups excluding carboxylic acids is 1. The number of aromatic nitrogens is 2. The second-order valence-electron chi connectivity index (χ2n) is 6.04. The predicted molar refractivity (Wildman–Crippen MR) is 95.3 cm³/mol. The largest absolute Gasteiger partial charge is 0.435 e. The van der Waals surface area contributed by atoms with Gasteiger partial charge in [-0.05, 0) is 60.1 Å². The molecule has 3 rings (SSSR count). The highest BCUT2D eigenvalue weighted by atomic mass is 127. The molecule has 0 spiro atoms. The van der Waals surface area contributed by atoms with Crippen molar-refractivity contribution in [2.45, 2.75) is 37.9 Å². The minimum Gasteiger partial charge on any atom is -0.352 e. The van der Waals surface area contributed by atoms with E-state index < -0.39 is 11.9 Å². The van der Waals surface area contributed by atoms with Crippen molar-refractivity contribution in [2.75, 3.05) is 6.54 Å². The number of hydrogen-bond donors (Lipinski definition) is 1. The first-order chi connectivity index (χ1) is 11.9. The van der Waals surface area contributed by atoms with Crippen molar-refractivity contribution in [3.63, 3.8) is 0 Å². The van der Waals surface area contributed by atoms with Crippen LogP contribution in [0.2, 0.25) is 0 Å². The second kappa shape index (κ2) is 7.35. The fourth-order valence-electron chi connectivity index (χ4n) is 2.63. The summed E-state index contributed by atoms with van der Waals surface area (Å²) >= 11 is 2.09. The van der Waals surface area contributed by atoms with Crippen molar-refractivity contribution in [2.24, 2.45) is 0 Å². The highest BCUT2D eigenvalue weighted by Crippen LogP contribution is 2.42. The lowest BCUT2D eigenvalue weighted by Gasteiger charge is -2.09. The van der Waals surface area contributed by atoms with Crippen molar-refractivity contribution in [1.29, 1.82) is 0 Å². The van der Waals surface area contributed by atoms with Crippen molar-refractivity contribution < 1.29 is 18.0 Å². The smallest absolute Gasteiger partial charge is 0.352 e. The number of nitrogens with one attached hydrogen (secondary N) is 1. The van der Waals surface area contributed by atoms with Gasteiger partial charge in [0.05, 0.1) is 5.56 Å². The summed E-state index contributed by atoms with van der Waals surface area (Å²) < 4.78 is 40.9. The van der Waals surface area contributed by atoms with Gasteiger partial charge >= 0.3 is 6.18 Å². The number of nitrogens with zero attached hydrogens (tertiary/aromatic N) is 2. The van der Waals surface area contributed by atoms with E-state index in [1.54, 1.807) is 12.1 Å². The Morgan fingerprint density at radius 3 is 2.68 bits per heavy atom. The summed E-state index contributed by atoms with van der Waals surface area (Å²) in [5.74, 6) is 0.00736. The molecule has 0 unspecified atom stereocenters. The maximum atomic E-state index is 12.9. The molecule has 1 amide bonds. The van der Waals surface area contributed by atoms with E-state index in [4.69, 9.17) is 0 Å². The van der Waals surface area contributed by atoms with E-state index >= 15 is 0 Å². The van der Waals surface area contributed by atoms with Crippen LogP contribution in [-0.4, -0.2) is 22.2 Å². The summed E-state index contributed by atoms with van der Waals surface area (Å²) in [5, 5.41) is 6.51. The van der Waals surface area contributed by atoms with E-state index in [1.807, 2.05) is 12.1 Å². The van der Waals surface area contributed by atoms with Gasteiger partial charge in [0, 0.05) is 28.3 Å². The Labute approximate surface area is 156 Å². The Bertz CT molecular complexity index is 769. The predicted octanol–water partition coefficient (Wildman–Crippen LogP) is 4.20. The molecule has 8 heteroatoms. The fourth-order valence-corrected chi connectivity index (χ4v) is 3.26. The van der Waals surface area contributed by atoms with E-state index in [2.05, 4.69) is 33.0 Å². The number of aryl methyl sites for hydroxylation is 1. The third-order valence-corrected chi connectivity index (χ3v) is 4.99. The van der Waals surface area contributed by atoms with Crippen molar-refractivity contribution in [1.82, 2.24) is 15.1 Å². The number of rotatable bonds is 6. The second-order valence-corrected chi connectivity index (χ2v) is 7.20. The van der Waals surface area contributed by atoms with Crippen molar-refractivity contribution >= 4 is 28.5 Å². The minimum absolute atomic E-state index is 0.177. The maximum absolute atomic E-state index is 12.9. The van der Waals surface area contributed by atoms with Gasteiger partial charge < -0.3 is 5.32 Å². The number of halogens is 4. The number of amides is 1. The van der Waals surface area contributed by atoms with Gasteiger partial charge in [-0.2, -0.15) is 18.3 Å². The molecule has 1 heterocycles. The highest BCUT2D eigenvalue weighted by Gasteiger charge is 2.37. The number of benzene rings is 1. The molecule has 1 N–H and O–H groups in total. The van der Waals surface area contributed by atoms with Gasteiger partial charge in [0.15, 0.2) is 5.69 Å². The first-order valence-corrected chi connectivity index (χ1v) is 9.12. The van der Waals surface area contributed by atoms with E-state index in [1.165, 1.54) is 4.68 Å². The Morgan fingerprint density at radius 1 is 1.32 bits per heavy atom. The lowest BCUT2D eigenvalue weighted by atomic mass is 10.2. The van der Waals surface area contributed by atoms with E-state index in [9.17, 15) is 18.0 Å². The lowest BCUT2D eigenvalue weighted by molar-refractivity contribution is -0.141. The summed E-state index contributed by atoms with van der Waals surface area (Å²) in [4.78, 5) is 12.1. The van der Waals surface area contributed by atoms with Crippen molar-refractivity contribution in [3.8, 4) is 0 Å². The molecule has 0 bridgehead atoms. The molecule has 134 valence electrons. The minimum atomic E-state index is -4.42. The van der Waals surface area contributed by atoms with E-state index in [-0.39, 0.29) is 11.8 Å². The van der Waals surface area contributed by atoms with Gasteiger partial charge in [0.2, 0.25) is 0 Å². The molecular formula is C17H17F3IN3O. The van der Waals surface area contributed by atoms with Crippen LogP contribution in [0.5, 0.6) is 0 Å². The number of hydrogen-bond acceptors (Lipinski definition) is 2. The first-order valence-electron chi connectivity index (χ1n) is 8.04. The fraction of sp³-hybridized carbons (Fsp3) is 0.412. The molecule has 0 atom stereocenters. The summed E-state index contributed by atoms with van der Waals surface area (Å²) in [5.41, 5.74) is 0.411. The van der Waals surface area contributed by atoms with Gasteiger partial charge in [-0.15, -0.1) is 0 Å². The normalized spacial score (nSPS) is 14.6. The Morgan fingerprint density at radius 2 is 2.04 bits per heavy atom.